The highest BCUT2D eigenvalue weighted by molar-refractivity contribution is 7.92. The Hall–Kier alpha value is -3.47. The third-order valence-corrected chi connectivity index (χ3v) is 8.89. The summed E-state index contributed by atoms with van der Waals surface area (Å²) in [6.07, 6.45) is 0. The first kappa shape index (κ1) is 27.6. The number of hydrogen-bond donors (Lipinski definition) is 0. The predicted octanol–water partition coefficient (Wildman–Crippen LogP) is 5.12. The van der Waals surface area contributed by atoms with Crippen molar-refractivity contribution in [1.82, 2.24) is 9.88 Å². The van der Waals surface area contributed by atoms with Gasteiger partial charge in [-0.25, -0.2) is 13.4 Å². The van der Waals surface area contributed by atoms with E-state index in [4.69, 9.17) is 9.72 Å². The lowest BCUT2D eigenvalue weighted by atomic mass is 10.2. The maximum Gasteiger partial charge on any atom is 0.264 e. The summed E-state index contributed by atoms with van der Waals surface area (Å²) in [4.78, 5) is 22.2. The number of anilines is 2. The van der Waals surface area contributed by atoms with Crippen molar-refractivity contribution >= 4 is 48.3 Å². The maximum absolute atomic E-state index is 13.7. The fourth-order valence-electron chi connectivity index (χ4n) is 3.99. The molecule has 38 heavy (non-hydrogen) atoms. The van der Waals surface area contributed by atoms with Crippen LogP contribution in [-0.4, -0.2) is 64.5 Å². The third-order valence-electron chi connectivity index (χ3n) is 5.93. The maximum atomic E-state index is 13.7. The van der Waals surface area contributed by atoms with Crippen molar-refractivity contribution in [2.75, 3.05) is 49.5 Å². The SMILES string of the molecule is CCOc1ccc2nc(N(CCN(C)C)C(=O)c3ccc(S(=O)(=O)N(CC)c4ccccc4)cc3)sc2c1. The molecule has 10 heteroatoms. The van der Waals surface area contributed by atoms with Gasteiger partial charge in [0.25, 0.3) is 15.9 Å². The molecule has 1 aromatic heterocycles. The fourth-order valence-corrected chi connectivity index (χ4v) is 6.48. The van der Waals surface area contributed by atoms with E-state index in [0.717, 1.165) is 16.0 Å². The number of nitrogens with zero attached hydrogens (tertiary/aromatic N) is 4. The second-order valence-electron chi connectivity index (χ2n) is 8.85. The van der Waals surface area contributed by atoms with Crippen LogP contribution in [0.5, 0.6) is 5.75 Å². The van der Waals surface area contributed by atoms with Gasteiger partial charge in [-0.1, -0.05) is 29.5 Å². The highest BCUT2D eigenvalue weighted by Crippen LogP contribution is 2.32. The molecule has 3 aromatic carbocycles. The molecule has 4 aromatic rings. The number of ether oxygens (including phenoxy) is 1. The summed E-state index contributed by atoms with van der Waals surface area (Å²) in [5, 5.41) is 0.582. The molecule has 0 aliphatic rings. The monoisotopic (exact) mass is 552 g/mol. The van der Waals surface area contributed by atoms with Crippen LogP contribution < -0.4 is 13.9 Å². The standard InChI is InChI=1S/C28H32N4O4S2/c1-5-32(22-10-8-7-9-11-22)38(34,35)24-15-12-21(13-16-24)27(33)31(19-18-30(3)4)28-29-25-17-14-23(36-6-2)20-26(25)37-28/h7-17,20H,5-6,18-19H2,1-4H3. The summed E-state index contributed by atoms with van der Waals surface area (Å²) in [7, 11) is 0.104. The lowest BCUT2D eigenvalue weighted by Crippen LogP contribution is -2.36. The summed E-state index contributed by atoms with van der Waals surface area (Å²) in [5.74, 6) is 0.519. The minimum absolute atomic E-state index is 0.128. The number of carbonyl (C=O) groups excluding carboxylic acids is 1. The van der Waals surface area contributed by atoms with Crippen molar-refractivity contribution in [2.24, 2.45) is 0 Å². The van der Waals surface area contributed by atoms with Crippen molar-refractivity contribution in [1.29, 1.82) is 0 Å². The molecule has 0 bridgehead atoms. The van der Waals surface area contributed by atoms with Crippen LogP contribution in [0.25, 0.3) is 10.2 Å². The fraction of sp³-hybridized carbons (Fsp3) is 0.286. The first-order chi connectivity index (χ1) is 18.2. The Kier molecular flexibility index (Phi) is 8.65. The van der Waals surface area contributed by atoms with Crippen LogP contribution in [0.1, 0.15) is 24.2 Å². The molecule has 0 atom stereocenters. The van der Waals surface area contributed by atoms with Crippen molar-refractivity contribution in [3.05, 3.63) is 78.4 Å². The van der Waals surface area contributed by atoms with E-state index >= 15 is 0 Å². The predicted molar refractivity (Wildman–Crippen MR) is 154 cm³/mol. The van der Waals surface area contributed by atoms with E-state index in [-0.39, 0.29) is 17.3 Å². The average Bonchev–Trinajstić information content (AvgIpc) is 3.33. The Morgan fingerprint density at radius 1 is 0.947 bits per heavy atom. The number of benzene rings is 3. The molecule has 0 radical (unpaired) electrons. The van der Waals surface area contributed by atoms with Gasteiger partial charge in [-0.05, 0) is 82.5 Å². The van der Waals surface area contributed by atoms with Gasteiger partial charge in [-0.2, -0.15) is 0 Å². The molecule has 1 heterocycles. The molecule has 4 rings (SSSR count). The number of para-hydroxylation sites is 1. The third kappa shape index (κ3) is 5.98. The zero-order valence-electron chi connectivity index (χ0n) is 22.0. The summed E-state index contributed by atoms with van der Waals surface area (Å²) < 4.78 is 34.6. The zero-order valence-corrected chi connectivity index (χ0v) is 23.6. The molecule has 0 aliphatic carbocycles. The number of thiazole rings is 1. The van der Waals surface area contributed by atoms with Gasteiger partial charge in [0, 0.05) is 25.2 Å². The van der Waals surface area contributed by atoms with Crippen molar-refractivity contribution in [3.63, 3.8) is 0 Å². The highest BCUT2D eigenvalue weighted by Gasteiger charge is 2.26. The highest BCUT2D eigenvalue weighted by atomic mass is 32.2. The first-order valence-electron chi connectivity index (χ1n) is 12.4. The number of aromatic nitrogens is 1. The number of amides is 1. The van der Waals surface area contributed by atoms with Crippen LogP contribution >= 0.6 is 11.3 Å². The van der Waals surface area contributed by atoms with Gasteiger partial charge in [0.2, 0.25) is 0 Å². The van der Waals surface area contributed by atoms with E-state index in [0.29, 0.717) is 36.1 Å². The number of sulfonamides is 1. The van der Waals surface area contributed by atoms with E-state index in [9.17, 15) is 13.2 Å². The molecule has 200 valence electrons. The molecular weight excluding hydrogens is 520 g/mol. The smallest absolute Gasteiger partial charge is 0.264 e. The largest absolute Gasteiger partial charge is 0.494 e. The van der Waals surface area contributed by atoms with E-state index < -0.39 is 10.0 Å². The molecule has 1 amide bonds. The molecule has 0 saturated heterocycles. The molecule has 0 N–H and O–H groups in total. The van der Waals surface area contributed by atoms with Crippen LogP contribution in [0.2, 0.25) is 0 Å². The van der Waals surface area contributed by atoms with Gasteiger partial charge in [0.1, 0.15) is 5.75 Å². The number of rotatable bonds is 11. The second kappa shape index (κ2) is 11.9. The average molecular weight is 553 g/mol. The minimum atomic E-state index is -3.79. The Labute approximate surface area is 228 Å². The van der Waals surface area contributed by atoms with Crippen LogP contribution in [0.3, 0.4) is 0 Å². The van der Waals surface area contributed by atoms with Gasteiger partial charge in [0.05, 0.1) is 27.4 Å². The van der Waals surface area contributed by atoms with E-state index in [2.05, 4.69) is 0 Å². The van der Waals surface area contributed by atoms with Gasteiger partial charge in [-0.3, -0.25) is 14.0 Å². The summed E-state index contributed by atoms with van der Waals surface area (Å²) in [6.45, 7) is 5.65. The van der Waals surface area contributed by atoms with Gasteiger partial charge in [-0.15, -0.1) is 0 Å². The second-order valence-corrected chi connectivity index (χ2v) is 11.7. The van der Waals surface area contributed by atoms with Gasteiger partial charge >= 0.3 is 0 Å². The first-order valence-corrected chi connectivity index (χ1v) is 14.7. The van der Waals surface area contributed by atoms with Crippen LogP contribution in [-0.2, 0) is 10.0 Å². The van der Waals surface area contributed by atoms with Crippen molar-refractivity contribution in [3.8, 4) is 5.75 Å². The normalized spacial score (nSPS) is 11.6. The van der Waals surface area contributed by atoms with Crippen molar-refractivity contribution < 1.29 is 17.9 Å². The molecule has 8 nitrogen and oxygen atoms in total. The van der Waals surface area contributed by atoms with Crippen LogP contribution in [0.4, 0.5) is 10.8 Å². The van der Waals surface area contributed by atoms with Gasteiger partial charge < -0.3 is 9.64 Å². The molecule has 0 aliphatic heterocycles. The number of carbonyl (C=O) groups is 1. The number of fused-ring (bicyclic) bond motifs is 1. The number of hydrogen-bond acceptors (Lipinski definition) is 7. The lowest BCUT2D eigenvalue weighted by Gasteiger charge is -2.24. The lowest BCUT2D eigenvalue weighted by molar-refractivity contribution is 0.0985. The molecule has 0 spiro atoms. The Bertz CT molecular complexity index is 1490. The topological polar surface area (TPSA) is 83.0 Å². The Morgan fingerprint density at radius 2 is 1.66 bits per heavy atom. The van der Waals surface area contributed by atoms with Crippen LogP contribution in [0, 0.1) is 0 Å². The van der Waals surface area contributed by atoms with Gasteiger partial charge in [0.15, 0.2) is 5.13 Å². The van der Waals surface area contributed by atoms with E-state index in [1.807, 2.05) is 50.2 Å². The molecule has 0 unspecified atom stereocenters. The molecule has 0 saturated carbocycles. The minimum Gasteiger partial charge on any atom is -0.494 e. The quantitative estimate of drug-likeness (QED) is 0.257. The molecular formula is C28H32N4O4S2. The summed E-state index contributed by atoms with van der Waals surface area (Å²) in [5.41, 5.74) is 1.77. The Morgan fingerprint density at radius 3 is 2.29 bits per heavy atom. The Balaban J connectivity index is 1.63. The summed E-state index contributed by atoms with van der Waals surface area (Å²) in [6, 6.07) is 20.8. The van der Waals surface area contributed by atoms with Crippen LogP contribution in [0.15, 0.2) is 77.7 Å². The molecule has 0 fully saturated rings. The van der Waals surface area contributed by atoms with E-state index in [1.165, 1.54) is 27.8 Å². The van der Waals surface area contributed by atoms with Crippen molar-refractivity contribution in [2.45, 2.75) is 18.7 Å². The number of likely N-dealkylation sites (N-methyl/N-ethyl adjacent to an activating group) is 1. The zero-order chi connectivity index (χ0) is 27.3. The summed E-state index contributed by atoms with van der Waals surface area (Å²) >= 11 is 1.42. The van der Waals surface area contributed by atoms with E-state index in [1.54, 1.807) is 48.2 Å².